The number of carbonyl (C=O) groups excluding carboxylic acids is 2. The van der Waals surface area contributed by atoms with Crippen LogP contribution in [0.4, 0.5) is 4.39 Å². The zero-order valence-electron chi connectivity index (χ0n) is 26.5. The molecule has 0 bridgehead atoms. The molecule has 0 N–H and O–H groups in total. The highest BCUT2D eigenvalue weighted by atomic mass is 19.1. The number of nitrogens with zero attached hydrogens (tertiary/aromatic N) is 5. The third-order valence-corrected chi connectivity index (χ3v) is 10.3. The largest absolute Gasteiger partial charge is 0.480 e. The monoisotopic (exact) mass is 637 g/mol. The zero-order chi connectivity index (χ0) is 31.9. The fraction of sp³-hybridized carbons (Fsp3) is 0.459. The number of carbonyl (C=O) groups is 2. The second-order valence-corrected chi connectivity index (χ2v) is 13.5. The Morgan fingerprint density at radius 3 is 2.57 bits per heavy atom. The lowest BCUT2D eigenvalue weighted by Gasteiger charge is -2.39. The van der Waals surface area contributed by atoms with Crippen LogP contribution in [0, 0.1) is 11.7 Å². The van der Waals surface area contributed by atoms with Crippen molar-refractivity contribution < 1.29 is 23.5 Å². The molecule has 1 saturated heterocycles. The number of halogens is 1. The van der Waals surface area contributed by atoms with Crippen molar-refractivity contribution in [3.05, 3.63) is 83.7 Å². The minimum Gasteiger partial charge on any atom is -0.480 e. The number of fused-ring (bicyclic) bond motifs is 2. The van der Waals surface area contributed by atoms with Crippen molar-refractivity contribution in [2.75, 3.05) is 26.2 Å². The molecule has 2 amide bonds. The summed E-state index contributed by atoms with van der Waals surface area (Å²) >= 11 is 0. The van der Waals surface area contributed by atoms with Gasteiger partial charge in [0.1, 0.15) is 11.6 Å². The first-order valence-corrected chi connectivity index (χ1v) is 17.1. The maximum Gasteiger partial charge on any atom is 0.264 e. The van der Waals surface area contributed by atoms with Crippen LogP contribution in [0.15, 0.2) is 60.9 Å². The van der Waals surface area contributed by atoms with Crippen LogP contribution in [0.1, 0.15) is 80.2 Å². The summed E-state index contributed by atoms with van der Waals surface area (Å²) in [6.45, 7) is 1.96. The summed E-state index contributed by atoms with van der Waals surface area (Å²) in [7, 11) is 0. The first kappa shape index (κ1) is 29.9. The van der Waals surface area contributed by atoms with Crippen molar-refractivity contribution in [2.24, 2.45) is 5.92 Å². The summed E-state index contributed by atoms with van der Waals surface area (Å²) in [6, 6.07) is 15.0. The molecule has 47 heavy (non-hydrogen) atoms. The van der Waals surface area contributed by atoms with Gasteiger partial charge in [-0.3, -0.25) is 14.0 Å². The molecule has 2 aliphatic carbocycles. The maximum absolute atomic E-state index is 15.2. The van der Waals surface area contributed by atoms with Gasteiger partial charge in [0.15, 0.2) is 23.3 Å². The molecule has 0 unspecified atom stereocenters. The smallest absolute Gasteiger partial charge is 0.264 e. The number of hydrogen-bond donors (Lipinski definition) is 0. The summed E-state index contributed by atoms with van der Waals surface area (Å²) in [5.74, 6) is 1.98. The number of imidazole rings is 1. The predicted molar refractivity (Wildman–Crippen MR) is 173 cm³/mol. The van der Waals surface area contributed by atoms with Crippen molar-refractivity contribution in [1.82, 2.24) is 24.2 Å². The first-order valence-electron chi connectivity index (χ1n) is 17.1. The summed E-state index contributed by atoms with van der Waals surface area (Å²) in [4.78, 5) is 40.3. The van der Waals surface area contributed by atoms with Crippen LogP contribution < -0.4 is 9.47 Å². The Kier molecular flexibility index (Phi) is 8.03. The number of aryl methyl sites for hydroxylation is 1. The van der Waals surface area contributed by atoms with Gasteiger partial charge in [-0.05, 0) is 74.5 Å². The highest BCUT2D eigenvalue weighted by Gasteiger charge is 2.37. The fourth-order valence-corrected chi connectivity index (χ4v) is 7.31. The van der Waals surface area contributed by atoms with Crippen LogP contribution >= 0.6 is 0 Å². The van der Waals surface area contributed by atoms with Gasteiger partial charge in [-0.25, -0.2) is 9.37 Å². The van der Waals surface area contributed by atoms with E-state index < -0.39 is 11.9 Å². The van der Waals surface area contributed by atoms with Crippen molar-refractivity contribution in [3.63, 3.8) is 0 Å². The van der Waals surface area contributed by atoms with Gasteiger partial charge in [-0.15, -0.1) is 0 Å². The van der Waals surface area contributed by atoms with E-state index in [-0.39, 0.29) is 35.9 Å². The molecule has 4 heterocycles. The molecule has 0 spiro atoms. The van der Waals surface area contributed by atoms with E-state index in [1.807, 2.05) is 33.7 Å². The van der Waals surface area contributed by atoms with Gasteiger partial charge in [-0.1, -0.05) is 36.8 Å². The Morgan fingerprint density at radius 2 is 1.83 bits per heavy atom. The number of amides is 2. The lowest BCUT2D eigenvalue weighted by atomic mass is 9.72. The Bertz CT molecular complexity index is 1780. The van der Waals surface area contributed by atoms with Crippen LogP contribution in [0.2, 0.25) is 0 Å². The highest BCUT2D eigenvalue weighted by Crippen LogP contribution is 2.41. The number of hydrogen-bond acceptors (Lipinski definition) is 6. The number of rotatable bonds is 10. The van der Waals surface area contributed by atoms with E-state index in [9.17, 15) is 9.59 Å². The second kappa shape index (κ2) is 12.6. The topological polar surface area (TPSA) is 89.3 Å². The predicted octanol–water partition coefficient (Wildman–Crippen LogP) is 6.27. The number of aromatic nitrogens is 3. The fourth-order valence-electron chi connectivity index (χ4n) is 7.31. The normalized spacial score (nSPS) is 19.9. The Balaban J connectivity index is 1.02. The summed E-state index contributed by atoms with van der Waals surface area (Å²) < 4.78 is 29.4. The highest BCUT2D eigenvalue weighted by molar-refractivity contribution is 5.87. The van der Waals surface area contributed by atoms with Crippen LogP contribution in [0.25, 0.3) is 5.65 Å². The lowest BCUT2D eigenvalue weighted by Crippen LogP contribution is -2.50. The second-order valence-electron chi connectivity index (χ2n) is 13.5. The van der Waals surface area contributed by atoms with E-state index >= 15 is 4.39 Å². The first-order chi connectivity index (χ1) is 23.0. The molecule has 3 fully saturated rings. The number of likely N-dealkylation sites (tertiary alicyclic amines) is 1. The Labute approximate surface area is 273 Å². The van der Waals surface area contributed by atoms with Gasteiger partial charge in [0.2, 0.25) is 11.8 Å². The van der Waals surface area contributed by atoms with Crippen LogP contribution in [0.3, 0.4) is 0 Å². The lowest BCUT2D eigenvalue weighted by molar-refractivity contribution is -0.145. The SMILES string of the molecule is O=C(CN(C[C@@H](c1ccccc1)C1CCC1)C(=O)[C@@H]1CCc2cc(F)c(Oc3ccn4c(C5CC5)ncc4n3)cc2O1)N1CCCC1. The number of ether oxygens (including phenoxy) is 2. The van der Waals surface area contributed by atoms with Crippen molar-refractivity contribution in [3.8, 4) is 17.4 Å². The van der Waals surface area contributed by atoms with E-state index in [2.05, 4.69) is 22.1 Å². The standard InChI is InChI=1S/C37H40FN5O4/c38-29-19-27-13-14-30(46-31(27)20-32(29)47-34-15-18-43-33(40-34)21-39-36(43)26-11-12-26)37(45)42(23-35(44)41-16-4-5-17-41)22-28(25-9-6-10-25)24-7-2-1-3-8-24/h1-3,7-8,15,18-21,25-26,28,30H,4-6,9-14,16-17,22-23H2/t28-,30-/m0/s1. The third-order valence-electron chi connectivity index (χ3n) is 10.3. The quantitative estimate of drug-likeness (QED) is 0.204. The molecule has 2 atom stereocenters. The van der Waals surface area contributed by atoms with E-state index in [0.29, 0.717) is 48.2 Å². The molecule has 0 radical (unpaired) electrons. The molecule has 2 aromatic carbocycles. The molecule has 2 aliphatic heterocycles. The van der Waals surface area contributed by atoms with Crippen molar-refractivity contribution in [1.29, 1.82) is 0 Å². The molecular formula is C37H40FN5O4. The molecule has 4 aromatic rings. The molecule has 9 nitrogen and oxygen atoms in total. The van der Waals surface area contributed by atoms with E-state index in [1.54, 1.807) is 17.2 Å². The minimum absolute atomic E-state index is 0.0165. The molecule has 10 heteroatoms. The zero-order valence-corrected chi connectivity index (χ0v) is 26.5. The van der Waals surface area contributed by atoms with Crippen molar-refractivity contribution in [2.45, 2.75) is 75.7 Å². The maximum atomic E-state index is 15.2. The van der Waals surface area contributed by atoms with Crippen LogP contribution in [-0.2, 0) is 16.0 Å². The molecule has 2 aromatic heterocycles. The van der Waals surface area contributed by atoms with Gasteiger partial charge in [0.25, 0.3) is 5.91 Å². The Morgan fingerprint density at radius 1 is 1.02 bits per heavy atom. The van der Waals surface area contributed by atoms with Gasteiger partial charge in [0, 0.05) is 49.8 Å². The Hall–Kier alpha value is -4.47. The third kappa shape index (κ3) is 6.17. The average Bonchev–Trinajstić information content (AvgIpc) is 3.57. The van der Waals surface area contributed by atoms with Gasteiger partial charge in [-0.2, -0.15) is 4.98 Å². The summed E-state index contributed by atoms with van der Waals surface area (Å²) in [6.07, 6.45) is 11.3. The van der Waals surface area contributed by atoms with Crippen LogP contribution in [0.5, 0.6) is 17.4 Å². The summed E-state index contributed by atoms with van der Waals surface area (Å²) in [5.41, 5.74) is 2.52. The average molecular weight is 638 g/mol. The minimum atomic E-state index is -0.785. The van der Waals surface area contributed by atoms with E-state index in [1.165, 1.54) is 24.1 Å². The molecule has 2 saturated carbocycles. The molecule has 4 aliphatic rings. The molecular weight excluding hydrogens is 597 g/mol. The molecule has 8 rings (SSSR count). The molecule has 244 valence electrons. The number of benzene rings is 2. The van der Waals surface area contributed by atoms with Crippen LogP contribution in [-0.4, -0.2) is 68.3 Å². The van der Waals surface area contributed by atoms with Gasteiger partial charge >= 0.3 is 0 Å². The van der Waals surface area contributed by atoms with E-state index in [0.717, 1.165) is 57.4 Å². The summed E-state index contributed by atoms with van der Waals surface area (Å²) in [5, 5.41) is 0. The van der Waals surface area contributed by atoms with Gasteiger partial charge in [0.05, 0.1) is 12.7 Å². The van der Waals surface area contributed by atoms with Crippen molar-refractivity contribution >= 4 is 17.5 Å². The van der Waals surface area contributed by atoms with E-state index in [4.69, 9.17) is 9.47 Å². The van der Waals surface area contributed by atoms with Gasteiger partial charge < -0.3 is 19.3 Å².